The van der Waals surface area contributed by atoms with Crippen LogP contribution in [0.1, 0.15) is 35.2 Å². The van der Waals surface area contributed by atoms with Gasteiger partial charge >= 0.3 is 0 Å². The van der Waals surface area contributed by atoms with E-state index in [0.717, 1.165) is 5.02 Å². The molecule has 0 radical (unpaired) electrons. The summed E-state index contributed by atoms with van der Waals surface area (Å²) in [6, 6.07) is 10.6. The molecular formula is C15H14BrCl. The predicted octanol–water partition coefficient (Wildman–Crippen LogP) is 5.66. The average molecular weight is 310 g/mol. The maximum Gasteiger partial charge on any atom is 0.0487 e. The van der Waals surface area contributed by atoms with Crippen molar-refractivity contribution in [1.29, 1.82) is 0 Å². The molecule has 0 amide bonds. The summed E-state index contributed by atoms with van der Waals surface area (Å²) in [7, 11) is 0. The topological polar surface area (TPSA) is 0 Å². The van der Waals surface area contributed by atoms with Crippen LogP contribution in [-0.4, -0.2) is 0 Å². The summed E-state index contributed by atoms with van der Waals surface area (Å²) in [5.74, 6) is 0. The second-order valence-corrected chi connectivity index (χ2v) is 6.20. The fraction of sp³-hybridized carbons (Fsp3) is 0.333. The monoisotopic (exact) mass is 308 g/mol. The highest BCUT2D eigenvalue weighted by atomic mass is 79.9. The van der Waals surface area contributed by atoms with Crippen molar-refractivity contribution in [3.8, 4) is 0 Å². The summed E-state index contributed by atoms with van der Waals surface area (Å²) < 4.78 is 0. The molecule has 3 rings (SSSR count). The highest BCUT2D eigenvalue weighted by molar-refractivity contribution is 9.09. The van der Waals surface area contributed by atoms with Gasteiger partial charge in [-0.3, -0.25) is 0 Å². The Hall–Kier alpha value is -0.530. The largest absolute Gasteiger partial charge is 0.0839 e. The number of alkyl halides is 1. The van der Waals surface area contributed by atoms with Gasteiger partial charge < -0.3 is 0 Å². The fourth-order valence-electron chi connectivity index (χ4n) is 2.75. The lowest BCUT2D eigenvalue weighted by Crippen LogP contribution is -1.95. The van der Waals surface area contributed by atoms with Gasteiger partial charge in [0.2, 0.25) is 0 Å². The molecule has 0 N–H and O–H groups in total. The van der Waals surface area contributed by atoms with Gasteiger partial charge in [0.1, 0.15) is 0 Å². The van der Waals surface area contributed by atoms with E-state index < -0.39 is 0 Å². The molecule has 1 unspecified atom stereocenters. The van der Waals surface area contributed by atoms with Gasteiger partial charge in [-0.15, -0.1) is 0 Å². The summed E-state index contributed by atoms with van der Waals surface area (Å²) in [5, 5.41) is 3.40. The van der Waals surface area contributed by atoms with E-state index in [2.05, 4.69) is 46.3 Å². The second kappa shape index (κ2) is 4.62. The Balaban J connectivity index is 2.34. The molecule has 17 heavy (non-hydrogen) atoms. The van der Waals surface area contributed by atoms with E-state index in [4.69, 9.17) is 11.6 Å². The van der Waals surface area contributed by atoms with Crippen molar-refractivity contribution < 1.29 is 0 Å². The highest BCUT2D eigenvalue weighted by Gasteiger charge is 2.19. The molecule has 1 aliphatic carbocycles. The van der Waals surface area contributed by atoms with E-state index in [9.17, 15) is 0 Å². The maximum atomic E-state index is 6.39. The molecule has 0 fully saturated rings. The molecule has 2 heteroatoms. The number of hydrogen-bond acceptors (Lipinski definition) is 0. The summed E-state index contributed by atoms with van der Waals surface area (Å²) in [6.45, 7) is 0. The molecule has 0 nitrogen and oxygen atoms in total. The molecule has 0 saturated heterocycles. The van der Waals surface area contributed by atoms with Gasteiger partial charge in [0, 0.05) is 15.2 Å². The Morgan fingerprint density at radius 3 is 2.71 bits per heavy atom. The van der Waals surface area contributed by atoms with Crippen molar-refractivity contribution in [1.82, 2.24) is 0 Å². The normalized spacial score (nSPS) is 20.0. The molecule has 0 aliphatic heterocycles. The van der Waals surface area contributed by atoms with Gasteiger partial charge in [0.25, 0.3) is 0 Å². The third-order valence-electron chi connectivity index (χ3n) is 3.61. The van der Waals surface area contributed by atoms with Crippen molar-refractivity contribution in [3.05, 3.63) is 46.5 Å². The molecule has 1 aliphatic rings. The number of benzene rings is 2. The van der Waals surface area contributed by atoms with Crippen LogP contribution in [0.2, 0.25) is 5.02 Å². The molecule has 0 heterocycles. The zero-order valence-corrected chi connectivity index (χ0v) is 11.9. The highest BCUT2D eigenvalue weighted by Crippen LogP contribution is 2.40. The average Bonchev–Trinajstić information content (AvgIpc) is 2.53. The number of hydrogen-bond donors (Lipinski definition) is 0. The van der Waals surface area contributed by atoms with E-state index in [1.807, 2.05) is 0 Å². The Morgan fingerprint density at radius 1 is 1.12 bits per heavy atom. The first kappa shape index (κ1) is 11.6. The van der Waals surface area contributed by atoms with E-state index >= 15 is 0 Å². The Bertz CT molecular complexity index is 562. The van der Waals surface area contributed by atoms with Crippen LogP contribution in [0, 0.1) is 0 Å². The lowest BCUT2D eigenvalue weighted by Gasteiger charge is -2.15. The molecule has 1 atom stereocenters. The minimum atomic E-state index is 0.460. The van der Waals surface area contributed by atoms with Crippen molar-refractivity contribution in [2.45, 2.75) is 30.5 Å². The van der Waals surface area contributed by atoms with Gasteiger partial charge in [-0.25, -0.2) is 0 Å². The SMILES string of the molecule is Clc1cc2c(c3ccccc13)CCCCC2Br. The molecule has 0 aromatic heterocycles. The first-order chi connectivity index (χ1) is 8.27. The molecule has 2 aromatic rings. The van der Waals surface area contributed by atoms with Crippen LogP contribution >= 0.6 is 27.5 Å². The summed E-state index contributed by atoms with van der Waals surface area (Å²) >= 11 is 10.2. The predicted molar refractivity (Wildman–Crippen MR) is 78.2 cm³/mol. The minimum Gasteiger partial charge on any atom is -0.0839 e. The fourth-order valence-corrected chi connectivity index (χ4v) is 3.77. The number of fused-ring (bicyclic) bond motifs is 3. The van der Waals surface area contributed by atoms with Gasteiger partial charge in [-0.2, -0.15) is 0 Å². The molecule has 0 spiro atoms. The summed E-state index contributed by atoms with van der Waals surface area (Å²) in [6.07, 6.45) is 4.95. The van der Waals surface area contributed by atoms with E-state index in [1.165, 1.54) is 47.6 Å². The Kier molecular flexibility index (Phi) is 3.14. The van der Waals surface area contributed by atoms with Crippen LogP contribution in [-0.2, 0) is 6.42 Å². The van der Waals surface area contributed by atoms with Crippen molar-refractivity contribution >= 4 is 38.3 Å². The van der Waals surface area contributed by atoms with Crippen LogP contribution in [0.25, 0.3) is 10.8 Å². The van der Waals surface area contributed by atoms with Gasteiger partial charge in [-0.05, 0) is 41.8 Å². The Labute approximate surface area is 115 Å². The van der Waals surface area contributed by atoms with Crippen LogP contribution in [0.15, 0.2) is 30.3 Å². The van der Waals surface area contributed by atoms with Gasteiger partial charge in [-0.1, -0.05) is 58.2 Å². The van der Waals surface area contributed by atoms with E-state index in [-0.39, 0.29) is 0 Å². The summed E-state index contributed by atoms with van der Waals surface area (Å²) in [5.41, 5.74) is 2.88. The van der Waals surface area contributed by atoms with Crippen molar-refractivity contribution in [2.75, 3.05) is 0 Å². The lowest BCUT2D eigenvalue weighted by atomic mass is 9.95. The van der Waals surface area contributed by atoms with E-state index in [0.29, 0.717) is 4.83 Å². The number of rotatable bonds is 0. The standard InChI is InChI=1S/C15H14BrCl/c16-14-8-4-3-6-11-10-5-1-2-7-12(10)15(17)9-13(11)14/h1-2,5,7,9,14H,3-4,6,8H2. The van der Waals surface area contributed by atoms with Gasteiger partial charge in [0.05, 0.1) is 0 Å². The quantitative estimate of drug-likeness (QED) is 0.435. The lowest BCUT2D eigenvalue weighted by molar-refractivity contribution is 0.709. The first-order valence-electron chi connectivity index (χ1n) is 6.11. The van der Waals surface area contributed by atoms with Crippen LogP contribution in [0.3, 0.4) is 0 Å². The second-order valence-electron chi connectivity index (χ2n) is 4.69. The zero-order valence-electron chi connectivity index (χ0n) is 9.55. The van der Waals surface area contributed by atoms with Crippen LogP contribution in [0.5, 0.6) is 0 Å². The Morgan fingerprint density at radius 2 is 1.88 bits per heavy atom. The van der Waals surface area contributed by atoms with Crippen LogP contribution in [0.4, 0.5) is 0 Å². The number of halogens is 2. The smallest absolute Gasteiger partial charge is 0.0487 e. The molecule has 0 bridgehead atoms. The minimum absolute atomic E-state index is 0.460. The molecule has 88 valence electrons. The van der Waals surface area contributed by atoms with Crippen molar-refractivity contribution in [2.24, 2.45) is 0 Å². The zero-order chi connectivity index (χ0) is 11.8. The summed E-state index contributed by atoms with van der Waals surface area (Å²) in [4.78, 5) is 0.460. The molecule has 2 aromatic carbocycles. The third kappa shape index (κ3) is 2.00. The molecule has 0 saturated carbocycles. The van der Waals surface area contributed by atoms with Crippen molar-refractivity contribution in [3.63, 3.8) is 0 Å². The maximum absolute atomic E-state index is 6.39. The number of aryl methyl sites for hydroxylation is 1. The van der Waals surface area contributed by atoms with Crippen LogP contribution < -0.4 is 0 Å². The first-order valence-corrected chi connectivity index (χ1v) is 7.41. The van der Waals surface area contributed by atoms with E-state index in [1.54, 1.807) is 0 Å². The third-order valence-corrected chi connectivity index (χ3v) is 4.88. The molecular weight excluding hydrogens is 296 g/mol. The van der Waals surface area contributed by atoms with Gasteiger partial charge in [0.15, 0.2) is 0 Å².